The average molecular weight is 463 g/mol. The summed E-state index contributed by atoms with van der Waals surface area (Å²) in [7, 11) is 2.84. The van der Waals surface area contributed by atoms with Gasteiger partial charge in [-0.25, -0.2) is 4.79 Å². The molecule has 9 heteroatoms. The maximum absolute atomic E-state index is 12.8. The van der Waals surface area contributed by atoms with Gasteiger partial charge in [-0.05, 0) is 25.5 Å². The van der Waals surface area contributed by atoms with Crippen LogP contribution in [0.1, 0.15) is 47.4 Å². The van der Waals surface area contributed by atoms with E-state index < -0.39 is 24.4 Å². The maximum Gasteiger partial charge on any atom is 0.340 e. The Labute approximate surface area is 192 Å². The summed E-state index contributed by atoms with van der Waals surface area (Å²) in [6, 6.07) is 9.29. The van der Waals surface area contributed by atoms with Crippen molar-refractivity contribution >= 4 is 35.1 Å². The Morgan fingerprint density at radius 3 is 2.31 bits per heavy atom. The van der Waals surface area contributed by atoms with Gasteiger partial charge in [0.2, 0.25) is 0 Å². The molecule has 1 unspecified atom stereocenters. The van der Waals surface area contributed by atoms with Crippen LogP contribution in [0.15, 0.2) is 36.4 Å². The highest BCUT2D eigenvalue weighted by Crippen LogP contribution is 2.34. The number of carbonyl (C=O) groups is 3. The molecule has 32 heavy (non-hydrogen) atoms. The first-order chi connectivity index (χ1) is 15.3. The third-order valence-electron chi connectivity index (χ3n) is 4.57. The Bertz CT molecular complexity index is 979. The largest absolute Gasteiger partial charge is 0.493 e. The molecule has 0 aliphatic heterocycles. The quantitative estimate of drug-likeness (QED) is 0.516. The number of hydrogen-bond donors (Lipinski definition) is 2. The molecule has 8 nitrogen and oxygen atoms in total. The van der Waals surface area contributed by atoms with Crippen LogP contribution in [0.25, 0.3) is 0 Å². The first kappa shape index (κ1) is 25.0. The van der Waals surface area contributed by atoms with Crippen LogP contribution in [0.4, 0.5) is 5.69 Å². The molecule has 0 spiro atoms. The van der Waals surface area contributed by atoms with Crippen molar-refractivity contribution in [2.75, 3.05) is 26.1 Å². The fourth-order valence-corrected chi connectivity index (χ4v) is 3.24. The fourth-order valence-electron chi connectivity index (χ4n) is 3.02. The Morgan fingerprint density at radius 1 is 1.03 bits per heavy atom. The second-order valence-corrected chi connectivity index (χ2v) is 7.43. The molecule has 0 saturated carbocycles. The lowest BCUT2D eigenvalue weighted by atomic mass is 10.1. The van der Waals surface area contributed by atoms with Gasteiger partial charge in [-0.1, -0.05) is 37.1 Å². The van der Waals surface area contributed by atoms with Gasteiger partial charge in [0, 0.05) is 18.2 Å². The molecular weight excluding hydrogens is 436 g/mol. The zero-order valence-electron chi connectivity index (χ0n) is 18.5. The third kappa shape index (κ3) is 6.62. The Hall–Kier alpha value is -3.26. The van der Waals surface area contributed by atoms with E-state index in [-0.39, 0.29) is 33.6 Å². The second-order valence-electron chi connectivity index (χ2n) is 7.02. The fraction of sp³-hybridized carbons (Fsp3) is 0.348. The van der Waals surface area contributed by atoms with Crippen molar-refractivity contribution in [3.63, 3.8) is 0 Å². The summed E-state index contributed by atoms with van der Waals surface area (Å²) in [5.41, 5.74) is 0.349. The van der Waals surface area contributed by atoms with Gasteiger partial charge in [-0.2, -0.15) is 0 Å². The minimum absolute atomic E-state index is 0.00235. The third-order valence-corrected chi connectivity index (χ3v) is 4.90. The van der Waals surface area contributed by atoms with Gasteiger partial charge in [0.05, 0.1) is 36.1 Å². The van der Waals surface area contributed by atoms with Crippen molar-refractivity contribution in [1.82, 2.24) is 5.32 Å². The molecule has 172 valence electrons. The molecule has 0 radical (unpaired) electrons. The SMILES string of the molecule is CCCC(C)NC(=O)COC(=O)c1cc(OC)c(OC)cc1NC(=O)c1ccccc1Cl. The summed E-state index contributed by atoms with van der Waals surface area (Å²) in [5, 5.41) is 5.67. The summed E-state index contributed by atoms with van der Waals surface area (Å²) >= 11 is 6.10. The lowest BCUT2D eigenvalue weighted by molar-refractivity contribution is -0.124. The molecule has 0 aliphatic carbocycles. The lowest BCUT2D eigenvalue weighted by Crippen LogP contribution is -2.35. The molecule has 2 rings (SSSR count). The molecule has 0 saturated heterocycles. The predicted octanol–water partition coefficient (Wildman–Crippen LogP) is 4.07. The van der Waals surface area contributed by atoms with Crippen LogP contribution < -0.4 is 20.1 Å². The number of ether oxygens (including phenoxy) is 3. The van der Waals surface area contributed by atoms with E-state index in [1.165, 1.54) is 26.4 Å². The van der Waals surface area contributed by atoms with Gasteiger partial charge in [-0.3, -0.25) is 9.59 Å². The summed E-state index contributed by atoms with van der Waals surface area (Å²) in [6.07, 6.45) is 1.73. The van der Waals surface area contributed by atoms with Crippen LogP contribution in [0.5, 0.6) is 11.5 Å². The normalized spacial score (nSPS) is 11.3. The number of nitrogens with one attached hydrogen (secondary N) is 2. The molecule has 2 aromatic rings. The Kier molecular flexibility index (Phi) is 9.34. The van der Waals surface area contributed by atoms with Gasteiger partial charge < -0.3 is 24.8 Å². The number of carbonyl (C=O) groups excluding carboxylic acids is 3. The zero-order chi connectivity index (χ0) is 23.7. The second kappa shape index (κ2) is 12.0. The first-order valence-electron chi connectivity index (χ1n) is 10.1. The van der Waals surface area contributed by atoms with E-state index in [0.29, 0.717) is 5.75 Å². The molecule has 1 atom stereocenters. The maximum atomic E-state index is 12.8. The molecule has 0 bridgehead atoms. The number of amides is 2. The Morgan fingerprint density at radius 2 is 1.69 bits per heavy atom. The minimum atomic E-state index is -0.807. The van der Waals surface area contributed by atoms with Gasteiger partial charge in [0.1, 0.15) is 0 Å². The van der Waals surface area contributed by atoms with E-state index in [1.54, 1.807) is 24.3 Å². The van der Waals surface area contributed by atoms with E-state index in [9.17, 15) is 14.4 Å². The highest BCUT2D eigenvalue weighted by atomic mass is 35.5. The summed E-state index contributed by atoms with van der Waals surface area (Å²) in [4.78, 5) is 37.5. The summed E-state index contributed by atoms with van der Waals surface area (Å²) in [6.45, 7) is 3.43. The monoisotopic (exact) mass is 462 g/mol. The number of hydrogen-bond acceptors (Lipinski definition) is 6. The first-order valence-corrected chi connectivity index (χ1v) is 10.5. The van der Waals surface area contributed by atoms with Crippen LogP contribution in [0.3, 0.4) is 0 Å². The molecule has 0 heterocycles. The van der Waals surface area contributed by atoms with Crippen molar-refractivity contribution in [3.8, 4) is 11.5 Å². The van der Waals surface area contributed by atoms with E-state index >= 15 is 0 Å². The van der Waals surface area contributed by atoms with E-state index in [4.69, 9.17) is 25.8 Å². The number of benzene rings is 2. The number of rotatable bonds is 10. The predicted molar refractivity (Wildman–Crippen MR) is 122 cm³/mol. The highest BCUT2D eigenvalue weighted by molar-refractivity contribution is 6.34. The van der Waals surface area contributed by atoms with Gasteiger partial charge in [0.25, 0.3) is 11.8 Å². The molecular formula is C23H27ClN2O6. The molecule has 0 aromatic heterocycles. The van der Waals surface area contributed by atoms with Crippen molar-refractivity contribution in [1.29, 1.82) is 0 Å². The van der Waals surface area contributed by atoms with E-state index in [1.807, 2.05) is 13.8 Å². The van der Waals surface area contributed by atoms with Crippen molar-refractivity contribution in [3.05, 3.63) is 52.5 Å². The number of esters is 1. The van der Waals surface area contributed by atoms with Crippen molar-refractivity contribution in [2.24, 2.45) is 0 Å². The van der Waals surface area contributed by atoms with Gasteiger partial charge >= 0.3 is 5.97 Å². The van der Waals surface area contributed by atoms with Gasteiger partial charge in [0.15, 0.2) is 18.1 Å². The summed E-state index contributed by atoms with van der Waals surface area (Å²) in [5.74, 6) is -1.19. The molecule has 0 fully saturated rings. The minimum Gasteiger partial charge on any atom is -0.493 e. The van der Waals surface area contributed by atoms with Gasteiger partial charge in [-0.15, -0.1) is 0 Å². The topological polar surface area (TPSA) is 103 Å². The van der Waals surface area contributed by atoms with E-state index in [2.05, 4.69) is 10.6 Å². The zero-order valence-corrected chi connectivity index (χ0v) is 19.2. The van der Waals surface area contributed by atoms with Crippen LogP contribution >= 0.6 is 11.6 Å². The van der Waals surface area contributed by atoms with E-state index in [0.717, 1.165) is 12.8 Å². The number of methoxy groups -OCH3 is 2. The van der Waals surface area contributed by atoms with Crippen LogP contribution in [-0.2, 0) is 9.53 Å². The highest BCUT2D eigenvalue weighted by Gasteiger charge is 2.22. The lowest BCUT2D eigenvalue weighted by Gasteiger charge is -2.16. The van der Waals surface area contributed by atoms with Crippen LogP contribution in [0, 0.1) is 0 Å². The standard InChI is InChI=1S/C23H27ClN2O6/c1-5-8-14(2)25-21(27)13-32-23(29)16-11-19(30-3)20(31-4)12-18(16)26-22(28)15-9-6-7-10-17(15)24/h6-7,9-12,14H,5,8,13H2,1-4H3,(H,25,27)(H,26,28). The van der Waals surface area contributed by atoms with Crippen molar-refractivity contribution in [2.45, 2.75) is 32.7 Å². The van der Waals surface area contributed by atoms with Crippen LogP contribution in [0.2, 0.25) is 5.02 Å². The number of anilines is 1. The smallest absolute Gasteiger partial charge is 0.340 e. The molecule has 0 aliphatic rings. The Balaban J connectivity index is 2.26. The molecule has 2 amide bonds. The van der Waals surface area contributed by atoms with Crippen molar-refractivity contribution < 1.29 is 28.6 Å². The van der Waals surface area contributed by atoms with Crippen LogP contribution in [-0.4, -0.2) is 44.7 Å². The summed E-state index contributed by atoms with van der Waals surface area (Å²) < 4.78 is 15.7. The average Bonchev–Trinajstić information content (AvgIpc) is 2.77. The molecule has 2 aromatic carbocycles. The molecule has 2 N–H and O–H groups in total. The number of halogens is 1.